The molecule has 210 valence electrons. The normalized spacial score (nSPS) is 17.5. The van der Waals surface area contributed by atoms with Crippen LogP contribution >= 0.6 is 0 Å². The summed E-state index contributed by atoms with van der Waals surface area (Å²) in [5, 5.41) is 7.58. The summed E-state index contributed by atoms with van der Waals surface area (Å²) in [5.74, 6) is -0.412. The van der Waals surface area contributed by atoms with Gasteiger partial charge in [-0.05, 0) is 53.2 Å². The number of benzene rings is 3. The van der Waals surface area contributed by atoms with E-state index in [1.54, 1.807) is 24.5 Å². The van der Waals surface area contributed by atoms with Crippen molar-refractivity contribution in [1.29, 1.82) is 5.41 Å². The zero-order chi connectivity index (χ0) is 28.6. The molecule has 8 nitrogen and oxygen atoms in total. The second kappa shape index (κ2) is 13.5. The van der Waals surface area contributed by atoms with Crippen molar-refractivity contribution in [3.8, 4) is 16.9 Å². The van der Waals surface area contributed by atoms with Gasteiger partial charge < -0.3 is 24.7 Å². The number of nitrogens with one attached hydrogen (secondary N) is 1. The van der Waals surface area contributed by atoms with Crippen molar-refractivity contribution in [2.45, 2.75) is 36.6 Å². The summed E-state index contributed by atoms with van der Waals surface area (Å²) in [6.07, 6.45) is 3.77. The third-order valence-electron chi connectivity index (χ3n) is 7.19. The Morgan fingerprint density at radius 1 is 1.10 bits per heavy atom. The van der Waals surface area contributed by atoms with Gasteiger partial charge in [0.25, 0.3) is 0 Å². The van der Waals surface area contributed by atoms with Gasteiger partial charge in [-0.2, -0.15) is 0 Å². The summed E-state index contributed by atoms with van der Waals surface area (Å²) >= 11 is -1.32. The smallest absolute Gasteiger partial charge is 0.306 e. The number of carbonyl (C=O) groups excluding carboxylic acids is 2. The average Bonchev–Trinajstić information content (AvgIpc) is 3.25. The fourth-order valence-corrected chi connectivity index (χ4v) is 5.74. The third kappa shape index (κ3) is 7.22. The Bertz CT molecular complexity index is 1330. The molecule has 1 heterocycles. The van der Waals surface area contributed by atoms with Crippen LogP contribution in [-0.2, 0) is 31.9 Å². The highest BCUT2D eigenvalue weighted by atomic mass is 32.2. The summed E-state index contributed by atoms with van der Waals surface area (Å²) in [5.41, 5.74) is 9.17. The number of likely N-dealkylation sites (tertiary alicyclic amines) is 1. The lowest BCUT2D eigenvalue weighted by molar-refractivity contribution is -0.144. The van der Waals surface area contributed by atoms with Crippen molar-refractivity contribution in [3.63, 3.8) is 0 Å². The maximum atomic E-state index is 13.3. The molecule has 0 bridgehead atoms. The van der Waals surface area contributed by atoms with Crippen LogP contribution in [0.2, 0.25) is 0 Å². The summed E-state index contributed by atoms with van der Waals surface area (Å²) in [6, 6.07) is 22.7. The van der Waals surface area contributed by atoms with Gasteiger partial charge in [0.2, 0.25) is 5.91 Å². The number of esters is 1. The van der Waals surface area contributed by atoms with Crippen molar-refractivity contribution in [2.75, 3.05) is 26.5 Å². The van der Waals surface area contributed by atoms with E-state index >= 15 is 0 Å². The summed E-state index contributed by atoms with van der Waals surface area (Å²) < 4.78 is 23.7. The molecule has 3 aromatic rings. The molecule has 1 fully saturated rings. The van der Waals surface area contributed by atoms with Crippen LogP contribution in [0.4, 0.5) is 0 Å². The number of methoxy groups -OCH3 is 1. The SMILES string of the molecule is COC(=O)C[C@@H]1C[C@@H](COc2ccc(-c3ccc(C(=N)N)cc3)cc2[S+](C)[O-])N(CCCc2ccccc2)C1=O. The molecule has 3 aromatic carbocycles. The molecule has 4 rings (SSSR count). The molecule has 0 radical (unpaired) electrons. The van der Waals surface area contributed by atoms with Gasteiger partial charge in [0.05, 0.1) is 25.5 Å². The van der Waals surface area contributed by atoms with Gasteiger partial charge in [0.1, 0.15) is 18.7 Å². The first-order valence-electron chi connectivity index (χ1n) is 13.2. The molecule has 0 saturated carbocycles. The predicted octanol–water partition coefficient (Wildman–Crippen LogP) is 4.17. The molecular formula is C31H35N3O5S. The largest absolute Gasteiger partial charge is 0.612 e. The van der Waals surface area contributed by atoms with Gasteiger partial charge in [-0.1, -0.05) is 60.7 Å². The third-order valence-corrected chi connectivity index (χ3v) is 8.13. The molecule has 1 aliphatic heterocycles. The van der Waals surface area contributed by atoms with E-state index in [-0.39, 0.29) is 30.8 Å². The van der Waals surface area contributed by atoms with E-state index < -0.39 is 23.1 Å². The molecule has 40 heavy (non-hydrogen) atoms. The lowest BCUT2D eigenvalue weighted by atomic mass is 10.0. The molecule has 1 saturated heterocycles. The number of amidine groups is 1. The van der Waals surface area contributed by atoms with Crippen LogP contribution in [0, 0.1) is 11.3 Å². The fraction of sp³-hybridized carbons (Fsp3) is 0.323. The standard InChI is InChI=1S/C31H35N3O5S/c1-38-29(35)19-25-17-26(34(31(25)36)16-6-9-21-7-4-3-5-8-21)20-39-27-15-14-24(18-28(27)40(2)37)22-10-12-23(13-11-22)30(32)33/h3-5,7-8,10-15,18,25-26H,6,9,16-17,19-20H2,1-2H3,(H3,32,33)/t25-,26-,40?/m0/s1. The first kappa shape index (κ1) is 29.2. The fourth-order valence-electron chi connectivity index (χ4n) is 5.03. The predicted molar refractivity (Wildman–Crippen MR) is 156 cm³/mol. The maximum absolute atomic E-state index is 13.3. The van der Waals surface area contributed by atoms with Crippen molar-refractivity contribution in [3.05, 3.63) is 83.9 Å². The molecule has 0 aromatic heterocycles. The lowest BCUT2D eigenvalue weighted by Gasteiger charge is -2.25. The monoisotopic (exact) mass is 561 g/mol. The van der Waals surface area contributed by atoms with Gasteiger partial charge in [0, 0.05) is 18.2 Å². The van der Waals surface area contributed by atoms with E-state index in [4.69, 9.17) is 20.6 Å². The van der Waals surface area contributed by atoms with E-state index in [2.05, 4.69) is 12.1 Å². The van der Waals surface area contributed by atoms with E-state index in [0.717, 1.165) is 24.0 Å². The number of hydrogen-bond donors (Lipinski definition) is 2. The Balaban J connectivity index is 1.48. The second-order valence-electron chi connectivity index (χ2n) is 9.91. The van der Waals surface area contributed by atoms with Crippen LogP contribution < -0.4 is 10.5 Å². The molecule has 1 aliphatic rings. The second-order valence-corrected chi connectivity index (χ2v) is 11.3. The molecule has 1 amide bonds. The van der Waals surface area contributed by atoms with Crippen molar-refractivity contribution >= 4 is 28.9 Å². The minimum atomic E-state index is -1.32. The number of rotatable bonds is 12. The van der Waals surface area contributed by atoms with Crippen LogP contribution in [-0.4, -0.2) is 59.7 Å². The first-order chi connectivity index (χ1) is 19.3. The molecule has 3 N–H and O–H groups in total. The van der Waals surface area contributed by atoms with E-state index in [0.29, 0.717) is 29.2 Å². The number of nitrogens with zero attached hydrogens (tertiary/aromatic N) is 1. The van der Waals surface area contributed by atoms with Gasteiger partial charge in [-0.15, -0.1) is 0 Å². The Morgan fingerprint density at radius 3 is 2.45 bits per heavy atom. The summed E-state index contributed by atoms with van der Waals surface area (Å²) in [7, 11) is 1.33. The highest BCUT2D eigenvalue weighted by Crippen LogP contribution is 2.33. The summed E-state index contributed by atoms with van der Waals surface area (Å²) in [6.45, 7) is 0.785. The van der Waals surface area contributed by atoms with Crippen LogP contribution in [0.25, 0.3) is 11.1 Å². The number of nitrogens with two attached hydrogens (primary N) is 1. The van der Waals surface area contributed by atoms with Gasteiger partial charge in [0.15, 0.2) is 10.6 Å². The lowest BCUT2D eigenvalue weighted by Crippen LogP contribution is -2.38. The molecule has 1 unspecified atom stereocenters. The van der Waals surface area contributed by atoms with Crippen LogP contribution in [0.15, 0.2) is 77.7 Å². The number of nitrogen functional groups attached to an aromatic ring is 1. The zero-order valence-electron chi connectivity index (χ0n) is 22.8. The minimum absolute atomic E-state index is 0.000946. The Morgan fingerprint density at radius 2 is 1.80 bits per heavy atom. The molecule has 9 heteroatoms. The number of carbonyl (C=O) groups is 2. The van der Waals surface area contributed by atoms with E-state index in [1.807, 2.05) is 47.4 Å². The molecular weight excluding hydrogens is 526 g/mol. The van der Waals surface area contributed by atoms with Crippen molar-refractivity contribution < 1.29 is 23.6 Å². The number of aryl methyl sites for hydroxylation is 1. The van der Waals surface area contributed by atoms with Crippen LogP contribution in [0.5, 0.6) is 5.75 Å². The average molecular weight is 562 g/mol. The van der Waals surface area contributed by atoms with E-state index in [9.17, 15) is 14.1 Å². The first-order valence-corrected chi connectivity index (χ1v) is 14.8. The van der Waals surface area contributed by atoms with Crippen molar-refractivity contribution in [2.24, 2.45) is 11.7 Å². The van der Waals surface area contributed by atoms with Crippen LogP contribution in [0.3, 0.4) is 0 Å². The molecule has 0 aliphatic carbocycles. The van der Waals surface area contributed by atoms with E-state index in [1.165, 1.54) is 12.7 Å². The number of hydrogen-bond acceptors (Lipinski definition) is 6. The summed E-state index contributed by atoms with van der Waals surface area (Å²) in [4.78, 5) is 27.6. The molecule has 0 spiro atoms. The number of ether oxygens (including phenoxy) is 2. The molecule has 3 atom stereocenters. The number of amides is 1. The van der Waals surface area contributed by atoms with Gasteiger partial charge in [-0.3, -0.25) is 15.0 Å². The highest BCUT2D eigenvalue weighted by molar-refractivity contribution is 7.90. The minimum Gasteiger partial charge on any atom is -0.612 e. The maximum Gasteiger partial charge on any atom is 0.306 e. The quantitative estimate of drug-likeness (QED) is 0.148. The highest BCUT2D eigenvalue weighted by Gasteiger charge is 2.40. The van der Waals surface area contributed by atoms with Gasteiger partial charge >= 0.3 is 5.97 Å². The Labute approximate surface area is 238 Å². The van der Waals surface area contributed by atoms with Crippen LogP contribution in [0.1, 0.15) is 30.4 Å². The Kier molecular flexibility index (Phi) is 9.84. The topological polar surface area (TPSA) is 129 Å². The zero-order valence-corrected chi connectivity index (χ0v) is 23.6. The van der Waals surface area contributed by atoms with Gasteiger partial charge in [-0.25, -0.2) is 0 Å². The Hall–Kier alpha value is -3.82. The van der Waals surface area contributed by atoms with Crippen molar-refractivity contribution in [1.82, 2.24) is 4.90 Å².